The fourth-order valence-electron chi connectivity index (χ4n) is 2.17. The predicted molar refractivity (Wildman–Crippen MR) is 102 cm³/mol. The number of non-ortho nitro benzene ring substituents is 1. The Balaban J connectivity index is 2.42. The Hall–Kier alpha value is -2.85. The Labute approximate surface area is 160 Å². The monoisotopic (exact) mass is 413 g/mol. The Morgan fingerprint density at radius 2 is 1.93 bits per heavy atom. The van der Waals surface area contributed by atoms with Crippen LogP contribution in [-0.4, -0.2) is 39.7 Å². The first-order valence-corrected chi connectivity index (χ1v) is 9.64. The topological polar surface area (TPSA) is 119 Å². The van der Waals surface area contributed by atoms with Gasteiger partial charge in [0.1, 0.15) is 5.75 Å². The fourth-order valence-corrected chi connectivity index (χ4v) is 2.87. The summed E-state index contributed by atoms with van der Waals surface area (Å²) in [6, 6.07) is 7.89. The van der Waals surface area contributed by atoms with Gasteiger partial charge in [0.05, 0.1) is 40.2 Å². The van der Waals surface area contributed by atoms with Crippen LogP contribution in [0.15, 0.2) is 36.4 Å². The van der Waals surface area contributed by atoms with Crippen molar-refractivity contribution < 1.29 is 22.9 Å². The van der Waals surface area contributed by atoms with Crippen LogP contribution in [0.4, 0.5) is 17.1 Å². The molecule has 0 bridgehead atoms. The van der Waals surface area contributed by atoms with Crippen LogP contribution in [0.1, 0.15) is 10.4 Å². The second-order valence-corrected chi connectivity index (χ2v) is 7.91. The van der Waals surface area contributed by atoms with E-state index in [2.05, 4.69) is 5.32 Å². The Bertz CT molecular complexity index is 1010. The molecule has 2 aromatic carbocycles. The fraction of sp³-hybridized carbons (Fsp3) is 0.188. The average molecular weight is 414 g/mol. The SMILES string of the molecule is COc1ccc([N+](=O)[O-])cc1NC(=O)c1cc(N(C)S(C)(=O)=O)ccc1Cl. The van der Waals surface area contributed by atoms with Crippen molar-refractivity contribution >= 4 is 44.6 Å². The van der Waals surface area contributed by atoms with E-state index < -0.39 is 20.9 Å². The quantitative estimate of drug-likeness (QED) is 0.574. The number of ether oxygens (including phenoxy) is 1. The number of rotatable bonds is 6. The number of carbonyl (C=O) groups is 1. The van der Waals surface area contributed by atoms with Crippen LogP contribution in [0, 0.1) is 10.1 Å². The summed E-state index contributed by atoms with van der Waals surface area (Å²) in [6.45, 7) is 0. The zero-order chi connectivity index (χ0) is 20.4. The molecule has 0 heterocycles. The van der Waals surface area contributed by atoms with E-state index in [1.165, 1.54) is 44.5 Å². The minimum Gasteiger partial charge on any atom is -0.495 e. The first-order valence-electron chi connectivity index (χ1n) is 7.42. The summed E-state index contributed by atoms with van der Waals surface area (Å²) in [4.78, 5) is 23.0. The molecule has 2 aromatic rings. The second kappa shape index (κ2) is 7.80. The molecular weight excluding hydrogens is 398 g/mol. The van der Waals surface area contributed by atoms with Gasteiger partial charge in [0.25, 0.3) is 11.6 Å². The minimum atomic E-state index is -3.53. The van der Waals surface area contributed by atoms with Crippen molar-refractivity contribution in [2.75, 3.05) is 30.0 Å². The van der Waals surface area contributed by atoms with Crippen LogP contribution in [-0.2, 0) is 10.0 Å². The van der Waals surface area contributed by atoms with Crippen molar-refractivity contribution in [1.82, 2.24) is 0 Å². The number of carbonyl (C=O) groups excluding carboxylic acids is 1. The lowest BCUT2D eigenvalue weighted by atomic mass is 10.1. The molecular formula is C16H16ClN3O6S. The van der Waals surface area contributed by atoms with E-state index in [0.717, 1.165) is 16.6 Å². The molecule has 1 amide bonds. The molecule has 0 aliphatic carbocycles. The largest absolute Gasteiger partial charge is 0.495 e. The lowest BCUT2D eigenvalue weighted by Crippen LogP contribution is -2.25. The summed E-state index contributed by atoms with van der Waals surface area (Å²) >= 11 is 6.06. The van der Waals surface area contributed by atoms with Gasteiger partial charge < -0.3 is 10.1 Å². The molecule has 144 valence electrons. The zero-order valence-electron chi connectivity index (χ0n) is 14.6. The molecule has 0 aliphatic heterocycles. The third kappa shape index (κ3) is 4.66. The van der Waals surface area contributed by atoms with E-state index in [9.17, 15) is 23.3 Å². The normalized spacial score (nSPS) is 11.0. The van der Waals surface area contributed by atoms with Gasteiger partial charge in [-0.2, -0.15) is 0 Å². The number of hydrogen-bond acceptors (Lipinski definition) is 6. The van der Waals surface area contributed by atoms with E-state index >= 15 is 0 Å². The van der Waals surface area contributed by atoms with Gasteiger partial charge in [0.15, 0.2) is 0 Å². The van der Waals surface area contributed by atoms with Gasteiger partial charge >= 0.3 is 0 Å². The molecule has 0 aromatic heterocycles. The molecule has 0 aliphatic rings. The molecule has 27 heavy (non-hydrogen) atoms. The van der Waals surface area contributed by atoms with E-state index in [1.54, 1.807) is 0 Å². The van der Waals surface area contributed by atoms with Gasteiger partial charge in [0.2, 0.25) is 10.0 Å². The molecule has 0 fully saturated rings. The van der Waals surface area contributed by atoms with E-state index in [0.29, 0.717) is 0 Å². The molecule has 0 unspecified atom stereocenters. The van der Waals surface area contributed by atoms with Gasteiger partial charge in [-0.25, -0.2) is 8.42 Å². The van der Waals surface area contributed by atoms with Gasteiger partial charge in [-0.05, 0) is 24.3 Å². The van der Waals surface area contributed by atoms with Gasteiger partial charge in [-0.3, -0.25) is 19.2 Å². The van der Waals surface area contributed by atoms with Gasteiger partial charge in [-0.1, -0.05) is 11.6 Å². The number of nitrogens with zero attached hydrogens (tertiary/aromatic N) is 2. The van der Waals surface area contributed by atoms with Gasteiger partial charge in [-0.15, -0.1) is 0 Å². The number of nitro groups is 1. The number of nitrogens with one attached hydrogen (secondary N) is 1. The number of sulfonamides is 1. The summed E-state index contributed by atoms with van der Waals surface area (Å²) in [5.41, 5.74) is 0.0775. The Kier molecular flexibility index (Phi) is 5.91. The van der Waals surface area contributed by atoms with Crippen molar-refractivity contribution in [3.05, 3.63) is 57.1 Å². The number of anilines is 2. The Morgan fingerprint density at radius 3 is 2.48 bits per heavy atom. The highest BCUT2D eigenvalue weighted by molar-refractivity contribution is 7.92. The number of benzene rings is 2. The number of nitro benzene ring substituents is 1. The second-order valence-electron chi connectivity index (χ2n) is 5.49. The molecule has 9 nitrogen and oxygen atoms in total. The third-order valence-electron chi connectivity index (χ3n) is 3.70. The van der Waals surface area contributed by atoms with Crippen molar-refractivity contribution in [3.63, 3.8) is 0 Å². The lowest BCUT2D eigenvalue weighted by Gasteiger charge is -2.18. The van der Waals surface area contributed by atoms with Crippen LogP contribution in [0.2, 0.25) is 5.02 Å². The van der Waals surface area contributed by atoms with E-state index in [1.807, 2.05) is 0 Å². The number of halogens is 1. The smallest absolute Gasteiger partial charge is 0.271 e. The molecule has 11 heteroatoms. The van der Waals surface area contributed by atoms with Crippen LogP contribution in [0.5, 0.6) is 5.75 Å². The van der Waals surface area contributed by atoms with Crippen molar-refractivity contribution in [2.45, 2.75) is 0 Å². The lowest BCUT2D eigenvalue weighted by molar-refractivity contribution is -0.384. The van der Waals surface area contributed by atoms with Crippen LogP contribution < -0.4 is 14.4 Å². The van der Waals surface area contributed by atoms with Gasteiger partial charge in [0, 0.05) is 19.2 Å². The molecule has 0 saturated heterocycles. The summed E-state index contributed by atoms with van der Waals surface area (Å²) in [6.07, 6.45) is 1.02. The highest BCUT2D eigenvalue weighted by Crippen LogP contribution is 2.31. The first kappa shape index (κ1) is 20.5. The van der Waals surface area contributed by atoms with Crippen molar-refractivity contribution in [3.8, 4) is 5.75 Å². The van der Waals surface area contributed by atoms with Crippen LogP contribution in [0.25, 0.3) is 0 Å². The number of amides is 1. The maximum Gasteiger partial charge on any atom is 0.271 e. The number of hydrogen-bond donors (Lipinski definition) is 1. The summed E-state index contributed by atoms with van der Waals surface area (Å²) in [5, 5.41) is 13.5. The van der Waals surface area contributed by atoms with Crippen molar-refractivity contribution in [2.24, 2.45) is 0 Å². The molecule has 0 radical (unpaired) electrons. The zero-order valence-corrected chi connectivity index (χ0v) is 16.2. The van der Waals surface area contributed by atoms with Crippen molar-refractivity contribution in [1.29, 1.82) is 0 Å². The summed E-state index contributed by atoms with van der Waals surface area (Å²) in [7, 11) is -0.842. The maximum absolute atomic E-state index is 12.6. The summed E-state index contributed by atoms with van der Waals surface area (Å²) in [5.74, 6) is -0.461. The minimum absolute atomic E-state index is 0.00164. The van der Waals surface area contributed by atoms with Crippen LogP contribution in [0.3, 0.4) is 0 Å². The maximum atomic E-state index is 12.6. The van der Waals surface area contributed by atoms with E-state index in [-0.39, 0.29) is 33.4 Å². The standard InChI is InChI=1S/C16H16ClN3O6S/c1-19(27(3,24)25)10-4-6-13(17)12(8-10)16(21)18-14-9-11(20(22)23)5-7-15(14)26-2/h4-9H,1-3H3,(H,18,21). The average Bonchev–Trinajstić information content (AvgIpc) is 2.60. The highest BCUT2D eigenvalue weighted by Gasteiger charge is 2.19. The molecule has 2 rings (SSSR count). The first-order chi connectivity index (χ1) is 12.5. The molecule has 0 spiro atoms. The predicted octanol–water partition coefficient (Wildman–Crippen LogP) is 2.90. The van der Waals surface area contributed by atoms with E-state index in [4.69, 9.17) is 16.3 Å². The summed E-state index contributed by atoms with van der Waals surface area (Å²) < 4.78 is 29.5. The Morgan fingerprint density at radius 1 is 1.26 bits per heavy atom. The number of methoxy groups -OCH3 is 1. The molecule has 1 N–H and O–H groups in total. The highest BCUT2D eigenvalue weighted by atomic mass is 35.5. The molecule has 0 atom stereocenters. The van der Waals surface area contributed by atoms with Crippen LogP contribution >= 0.6 is 11.6 Å². The third-order valence-corrected chi connectivity index (χ3v) is 5.23. The molecule has 0 saturated carbocycles.